The lowest BCUT2D eigenvalue weighted by atomic mass is 9.87. The third kappa shape index (κ3) is 4.59. The van der Waals surface area contributed by atoms with Crippen LogP contribution in [-0.2, 0) is 11.2 Å². The largest absolute Gasteiger partial charge is 0.349 e. The summed E-state index contributed by atoms with van der Waals surface area (Å²) in [6.07, 6.45) is 4.95. The van der Waals surface area contributed by atoms with Gasteiger partial charge in [0.1, 0.15) is 0 Å². The molecule has 1 aliphatic carbocycles. The standard InChI is InChI=1S/C25H31N5O/c31-24(26-21-12-5-8-19-7-1-2-9-20(19)21)13-16-29-14-6-15-30(18-17-29)25-27-22-10-3-4-11-23(22)28-25/h1-4,7,9-11,21H,5-6,8,12-18H2,(H,26,31)(H,27,28). The summed E-state index contributed by atoms with van der Waals surface area (Å²) >= 11 is 0. The number of aryl methyl sites for hydroxylation is 1. The van der Waals surface area contributed by atoms with E-state index in [9.17, 15) is 4.79 Å². The first-order chi connectivity index (χ1) is 15.3. The van der Waals surface area contributed by atoms with Crippen LogP contribution in [0.4, 0.5) is 5.95 Å². The maximum Gasteiger partial charge on any atom is 0.221 e. The number of aromatic nitrogens is 2. The Hall–Kier alpha value is -2.86. The fourth-order valence-electron chi connectivity index (χ4n) is 4.93. The van der Waals surface area contributed by atoms with Crippen LogP contribution in [0.3, 0.4) is 0 Å². The number of H-pyrrole nitrogens is 1. The first kappa shape index (κ1) is 20.1. The number of nitrogens with one attached hydrogen (secondary N) is 2. The topological polar surface area (TPSA) is 64.3 Å². The maximum absolute atomic E-state index is 12.7. The highest BCUT2D eigenvalue weighted by atomic mass is 16.1. The van der Waals surface area contributed by atoms with Crippen LogP contribution in [0.1, 0.15) is 42.9 Å². The highest BCUT2D eigenvalue weighted by Gasteiger charge is 2.22. The molecule has 0 spiro atoms. The van der Waals surface area contributed by atoms with Crippen molar-refractivity contribution in [2.24, 2.45) is 0 Å². The Labute approximate surface area is 183 Å². The van der Waals surface area contributed by atoms with E-state index in [2.05, 4.69) is 50.4 Å². The molecular formula is C25H31N5O. The molecule has 0 radical (unpaired) electrons. The molecule has 1 saturated heterocycles. The van der Waals surface area contributed by atoms with E-state index in [0.717, 1.165) is 75.4 Å². The number of fused-ring (bicyclic) bond motifs is 2. The lowest BCUT2D eigenvalue weighted by Crippen LogP contribution is -2.36. The van der Waals surface area contributed by atoms with Gasteiger partial charge in [-0.15, -0.1) is 0 Å². The van der Waals surface area contributed by atoms with E-state index in [1.165, 1.54) is 11.1 Å². The Bertz CT molecular complexity index is 1010. The van der Waals surface area contributed by atoms with E-state index in [1.54, 1.807) is 0 Å². The van der Waals surface area contributed by atoms with Gasteiger partial charge in [0, 0.05) is 32.6 Å². The second-order valence-corrected chi connectivity index (χ2v) is 8.72. The van der Waals surface area contributed by atoms with Gasteiger partial charge in [-0.2, -0.15) is 0 Å². The van der Waals surface area contributed by atoms with E-state index in [-0.39, 0.29) is 11.9 Å². The van der Waals surface area contributed by atoms with Gasteiger partial charge in [-0.05, 0) is 55.5 Å². The zero-order chi connectivity index (χ0) is 21.0. The van der Waals surface area contributed by atoms with Gasteiger partial charge in [-0.3, -0.25) is 4.79 Å². The van der Waals surface area contributed by atoms with Crippen molar-refractivity contribution in [3.05, 3.63) is 59.7 Å². The van der Waals surface area contributed by atoms with E-state index in [4.69, 9.17) is 4.98 Å². The fraction of sp³-hybridized carbons (Fsp3) is 0.440. The molecule has 1 atom stereocenters. The van der Waals surface area contributed by atoms with E-state index >= 15 is 0 Å². The van der Waals surface area contributed by atoms with E-state index in [1.807, 2.05) is 18.2 Å². The smallest absolute Gasteiger partial charge is 0.221 e. The highest BCUT2D eigenvalue weighted by molar-refractivity contribution is 5.77. The average molecular weight is 418 g/mol. The summed E-state index contributed by atoms with van der Waals surface area (Å²) in [6.45, 7) is 4.71. The summed E-state index contributed by atoms with van der Waals surface area (Å²) in [4.78, 5) is 25.6. The zero-order valence-electron chi connectivity index (χ0n) is 18.0. The van der Waals surface area contributed by atoms with Crippen molar-refractivity contribution in [3.63, 3.8) is 0 Å². The second kappa shape index (κ2) is 9.10. The minimum absolute atomic E-state index is 0.167. The van der Waals surface area contributed by atoms with Crippen molar-refractivity contribution >= 4 is 22.9 Å². The minimum Gasteiger partial charge on any atom is -0.349 e. The van der Waals surface area contributed by atoms with Gasteiger partial charge >= 0.3 is 0 Å². The number of anilines is 1. The fourth-order valence-corrected chi connectivity index (χ4v) is 4.93. The molecule has 3 aromatic rings. The SMILES string of the molecule is O=C(CCN1CCCN(c2nc3ccccc3[nH]2)CC1)NC1CCCc2ccccc21. The monoisotopic (exact) mass is 417 g/mol. The molecule has 2 heterocycles. The van der Waals surface area contributed by atoms with Crippen LogP contribution in [0, 0.1) is 0 Å². The number of imidazole rings is 1. The van der Waals surface area contributed by atoms with Crippen LogP contribution in [-0.4, -0.2) is 53.5 Å². The Morgan fingerprint density at radius 1 is 1.03 bits per heavy atom. The number of hydrogen-bond donors (Lipinski definition) is 2. The van der Waals surface area contributed by atoms with Gasteiger partial charge in [0.25, 0.3) is 0 Å². The van der Waals surface area contributed by atoms with Crippen LogP contribution in [0.15, 0.2) is 48.5 Å². The number of carbonyl (C=O) groups excluding carboxylic acids is 1. The molecule has 1 aromatic heterocycles. The zero-order valence-corrected chi connectivity index (χ0v) is 18.0. The van der Waals surface area contributed by atoms with Crippen LogP contribution >= 0.6 is 0 Å². The summed E-state index contributed by atoms with van der Waals surface area (Å²) in [5.41, 5.74) is 4.79. The molecular weight excluding hydrogens is 386 g/mol. The van der Waals surface area contributed by atoms with Crippen molar-refractivity contribution in [1.82, 2.24) is 20.2 Å². The van der Waals surface area contributed by atoms with Gasteiger partial charge in [-0.25, -0.2) is 4.98 Å². The number of rotatable bonds is 5. The molecule has 2 aromatic carbocycles. The van der Waals surface area contributed by atoms with Crippen LogP contribution in [0.2, 0.25) is 0 Å². The predicted molar refractivity (Wildman–Crippen MR) is 124 cm³/mol. The molecule has 1 unspecified atom stereocenters. The maximum atomic E-state index is 12.7. The molecule has 1 amide bonds. The van der Waals surface area contributed by atoms with Crippen LogP contribution in [0.25, 0.3) is 11.0 Å². The summed E-state index contributed by atoms with van der Waals surface area (Å²) in [7, 11) is 0. The van der Waals surface area contributed by atoms with Crippen LogP contribution < -0.4 is 10.2 Å². The molecule has 5 rings (SSSR count). The van der Waals surface area contributed by atoms with Crippen molar-refractivity contribution in [3.8, 4) is 0 Å². The molecule has 1 fully saturated rings. The van der Waals surface area contributed by atoms with E-state index in [0.29, 0.717) is 6.42 Å². The lowest BCUT2D eigenvalue weighted by molar-refractivity contribution is -0.122. The first-order valence-corrected chi connectivity index (χ1v) is 11.6. The Morgan fingerprint density at radius 2 is 1.90 bits per heavy atom. The van der Waals surface area contributed by atoms with Gasteiger partial charge in [-0.1, -0.05) is 36.4 Å². The predicted octanol–water partition coefficient (Wildman–Crippen LogP) is 3.66. The number of hydrogen-bond acceptors (Lipinski definition) is 4. The van der Waals surface area contributed by atoms with E-state index < -0.39 is 0 Å². The second-order valence-electron chi connectivity index (χ2n) is 8.72. The summed E-state index contributed by atoms with van der Waals surface area (Å²) in [5.74, 6) is 1.12. The van der Waals surface area contributed by atoms with Gasteiger partial charge in [0.15, 0.2) is 0 Å². The van der Waals surface area contributed by atoms with Gasteiger partial charge in [0.05, 0.1) is 17.1 Å². The normalized spacial score (nSPS) is 19.7. The van der Waals surface area contributed by atoms with Crippen LogP contribution in [0.5, 0.6) is 0 Å². The molecule has 2 N–H and O–H groups in total. The molecule has 6 nitrogen and oxygen atoms in total. The molecule has 31 heavy (non-hydrogen) atoms. The summed E-state index contributed by atoms with van der Waals surface area (Å²) in [6, 6.07) is 16.9. The summed E-state index contributed by atoms with van der Waals surface area (Å²) in [5, 5.41) is 3.29. The Morgan fingerprint density at radius 3 is 2.84 bits per heavy atom. The van der Waals surface area contributed by atoms with Gasteiger partial charge in [0.2, 0.25) is 11.9 Å². The van der Waals surface area contributed by atoms with Crippen molar-refractivity contribution in [1.29, 1.82) is 0 Å². The third-order valence-electron chi connectivity index (χ3n) is 6.62. The van der Waals surface area contributed by atoms with Crippen molar-refractivity contribution < 1.29 is 4.79 Å². The molecule has 1 aliphatic heterocycles. The molecule has 0 bridgehead atoms. The number of para-hydroxylation sites is 2. The Balaban J connectivity index is 1.13. The lowest BCUT2D eigenvalue weighted by Gasteiger charge is -2.27. The number of nitrogens with zero attached hydrogens (tertiary/aromatic N) is 3. The van der Waals surface area contributed by atoms with Crippen molar-refractivity contribution in [2.75, 3.05) is 37.6 Å². The van der Waals surface area contributed by atoms with Crippen molar-refractivity contribution in [2.45, 2.75) is 38.1 Å². The minimum atomic E-state index is 0.167. The average Bonchev–Trinajstić information content (AvgIpc) is 3.09. The number of carbonyl (C=O) groups is 1. The first-order valence-electron chi connectivity index (χ1n) is 11.6. The number of benzene rings is 2. The molecule has 6 heteroatoms. The number of amides is 1. The van der Waals surface area contributed by atoms with Gasteiger partial charge < -0.3 is 20.1 Å². The quantitative estimate of drug-likeness (QED) is 0.665. The third-order valence-corrected chi connectivity index (χ3v) is 6.62. The highest BCUT2D eigenvalue weighted by Crippen LogP contribution is 2.29. The molecule has 162 valence electrons. The molecule has 0 saturated carbocycles. The molecule has 2 aliphatic rings. The Kier molecular flexibility index (Phi) is 5.89. The number of aromatic amines is 1. The summed E-state index contributed by atoms with van der Waals surface area (Å²) < 4.78 is 0.